The number of hydroxylamine groups is 1. The third-order valence-electron chi connectivity index (χ3n) is 3.93. The molecule has 0 spiro atoms. The second kappa shape index (κ2) is 7.35. The summed E-state index contributed by atoms with van der Waals surface area (Å²) in [5.41, 5.74) is 4.23. The number of amides is 1. The summed E-state index contributed by atoms with van der Waals surface area (Å²) in [6.45, 7) is 5.87. The van der Waals surface area contributed by atoms with Gasteiger partial charge in [0.2, 0.25) is 0 Å². The Bertz CT molecular complexity index is 867. The fourth-order valence-corrected chi connectivity index (χ4v) is 3.56. The summed E-state index contributed by atoms with van der Waals surface area (Å²) in [6.07, 6.45) is 0. The van der Waals surface area contributed by atoms with E-state index in [2.05, 4.69) is 5.32 Å². The van der Waals surface area contributed by atoms with Crippen LogP contribution < -0.4 is 5.32 Å². The number of nitrogens with zero attached hydrogens (tertiary/aromatic N) is 1. The van der Waals surface area contributed by atoms with Gasteiger partial charge in [-0.25, -0.2) is 8.42 Å². The maximum atomic E-state index is 12.5. The molecule has 0 heterocycles. The largest absolute Gasteiger partial charge is 0.322 e. The highest BCUT2D eigenvalue weighted by Crippen LogP contribution is 2.23. The summed E-state index contributed by atoms with van der Waals surface area (Å²) in [4.78, 5) is 17.2. The molecule has 0 bridgehead atoms. The van der Waals surface area contributed by atoms with E-state index in [1.165, 1.54) is 38.4 Å². The molecule has 0 aliphatic carbocycles. The van der Waals surface area contributed by atoms with Crippen molar-refractivity contribution in [2.24, 2.45) is 0 Å². The van der Waals surface area contributed by atoms with E-state index in [0.29, 0.717) is 5.56 Å². The van der Waals surface area contributed by atoms with Crippen LogP contribution in [-0.2, 0) is 14.9 Å². The molecule has 1 N–H and O–H groups in total. The molecule has 1 amide bonds. The summed E-state index contributed by atoms with van der Waals surface area (Å²) >= 11 is 0. The van der Waals surface area contributed by atoms with Gasteiger partial charge in [-0.1, -0.05) is 22.2 Å². The molecule has 0 saturated carbocycles. The van der Waals surface area contributed by atoms with E-state index in [4.69, 9.17) is 4.84 Å². The van der Waals surface area contributed by atoms with Gasteiger partial charge in [-0.05, 0) is 56.2 Å². The second-order valence-electron chi connectivity index (χ2n) is 5.85. The summed E-state index contributed by atoms with van der Waals surface area (Å²) in [5, 5.41) is 2.89. The minimum Gasteiger partial charge on any atom is -0.322 e. The van der Waals surface area contributed by atoms with Crippen molar-refractivity contribution >= 4 is 21.6 Å². The van der Waals surface area contributed by atoms with Gasteiger partial charge in [0.25, 0.3) is 15.9 Å². The van der Waals surface area contributed by atoms with Crippen molar-refractivity contribution in [3.63, 3.8) is 0 Å². The van der Waals surface area contributed by atoms with Crippen LogP contribution in [-0.4, -0.2) is 33.0 Å². The Hall–Kier alpha value is -2.22. The van der Waals surface area contributed by atoms with Crippen molar-refractivity contribution in [1.29, 1.82) is 0 Å². The molecule has 7 heteroatoms. The number of hydrogen-bond donors (Lipinski definition) is 1. The molecule has 0 fully saturated rings. The van der Waals surface area contributed by atoms with Gasteiger partial charge < -0.3 is 5.32 Å². The van der Waals surface area contributed by atoms with Gasteiger partial charge in [0, 0.05) is 18.3 Å². The van der Waals surface area contributed by atoms with Crippen LogP contribution in [0.4, 0.5) is 5.69 Å². The molecule has 0 aliphatic heterocycles. The van der Waals surface area contributed by atoms with Crippen LogP contribution in [0.1, 0.15) is 27.0 Å². The van der Waals surface area contributed by atoms with E-state index < -0.39 is 10.0 Å². The monoisotopic (exact) mass is 362 g/mol. The highest BCUT2D eigenvalue weighted by molar-refractivity contribution is 7.89. The van der Waals surface area contributed by atoms with E-state index in [1.54, 1.807) is 0 Å². The zero-order valence-electron chi connectivity index (χ0n) is 15.0. The molecule has 2 aromatic rings. The van der Waals surface area contributed by atoms with Crippen molar-refractivity contribution in [3.05, 3.63) is 58.7 Å². The summed E-state index contributed by atoms with van der Waals surface area (Å²) in [6, 6.07) is 9.72. The number of carbonyl (C=O) groups excluding carboxylic acids is 1. The molecule has 0 aromatic heterocycles. The molecule has 0 aliphatic rings. The lowest BCUT2D eigenvalue weighted by Crippen LogP contribution is -2.25. The molecule has 25 heavy (non-hydrogen) atoms. The van der Waals surface area contributed by atoms with E-state index in [1.807, 2.05) is 32.9 Å². The number of hydrogen-bond acceptors (Lipinski definition) is 4. The first-order valence-corrected chi connectivity index (χ1v) is 9.13. The average Bonchev–Trinajstić information content (AvgIpc) is 2.57. The minimum atomic E-state index is -3.73. The summed E-state index contributed by atoms with van der Waals surface area (Å²) in [5.74, 6) is -0.293. The van der Waals surface area contributed by atoms with Crippen LogP contribution in [0, 0.1) is 20.8 Å². The van der Waals surface area contributed by atoms with E-state index in [0.717, 1.165) is 26.8 Å². The molecule has 0 unspecified atom stereocenters. The topological polar surface area (TPSA) is 75.7 Å². The fourth-order valence-electron chi connectivity index (χ4n) is 2.59. The van der Waals surface area contributed by atoms with Crippen LogP contribution in [0.15, 0.2) is 41.3 Å². The Labute approximate surface area is 148 Å². The third-order valence-corrected chi connectivity index (χ3v) is 5.62. The van der Waals surface area contributed by atoms with E-state index >= 15 is 0 Å². The molecule has 134 valence electrons. The first-order chi connectivity index (χ1) is 11.7. The van der Waals surface area contributed by atoms with Crippen LogP contribution in [0.2, 0.25) is 0 Å². The van der Waals surface area contributed by atoms with Gasteiger partial charge in [-0.2, -0.15) is 0 Å². The Morgan fingerprint density at radius 3 is 2.04 bits per heavy atom. The smallest absolute Gasteiger partial charge is 0.264 e. The van der Waals surface area contributed by atoms with Crippen LogP contribution >= 0.6 is 0 Å². The maximum absolute atomic E-state index is 12.5. The molecule has 0 radical (unpaired) electrons. The lowest BCUT2D eigenvalue weighted by Gasteiger charge is -2.15. The van der Waals surface area contributed by atoms with Gasteiger partial charge in [0.1, 0.15) is 0 Å². The number of rotatable bonds is 5. The highest BCUT2D eigenvalue weighted by Gasteiger charge is 2.21. The number of nitrogens with one attached hydrogen (secondary N) is 1. The summed E-state index contributed by atoms with van der Waals surface area (Å²) in [7, 11) is -1.16. The van der Waals surface area contributed by atoms with Crippen molar-refractivity contribution in [1.82, 2.24) is 4.47 Å². The minimum absolute atomic E-state index is 0.0519. The Morgan fingerprint density at radius 2 is 1.56 bits per heavy atom. The van der Waals surface area contributed by atoms with Crippen molar-refractivity contribution < 1.29 is 18.0 Å². The molecule has 0 saturated heterocycles. The summed E-state index contributed by atoms with van der Waals surface area (Å²) < 4.78 is 25.1. The standard InChI is InChI=1S/C18H22N2O4S/c1-12-10-13(2)17(14(3)11-12)19-18(21)15-6-8-16(9-7-15)25(22,23)20(4)24-5/h6-11H,1-5H3,(H,19,21). The number of carbonyl (C=O) groups is 1. The lowest BCUT2D eigenvalue weighted by molar-refractivity contribution is -0.0258. The van der Waals surface area contributed by atoms with Gasteiger partial charge in [-0.3, -0.25) is 9.63 Å². The molecule has 6 nitrogen and oxygen atoms in total. The number of benzene rings is 2. The highest BCUT2D eigenvalue weighted by atomic mass is 32.2. The predicted octanol–water partition coefficient (Wildman–Crippen LogP) is 3.05. The average molecular weight is 362 g/mol. The molecule has 0 atom stereocenters. The van der Waals surface area contributed by atoms with Gasteiger partial charge in [0.05, 0.1) is 12.0 Å². The first kappa shape index (κ1) is 19.1. The lowest BCUT2D eigenvalue weighted by atomic mass is 10.0. The van der Waals surface area contributed by atoms with Crippen molar-refractivity contribution in [3.8, 4) is 0 Å². The van der Waals surface area contributed by atoms with Crippen molar-refractivity contribution in [2.45, 2.75) is 25.7 Å². The molecule has 2 rings (SSSR count). The number of aryl methyl sites for hydroxylation is 3. The Morgan fingerprint density at radius 1 is 1.04 bits per heavy atom. The van der Waals surface area contributed by atoms with Crippen LogP contribution in [0.25, 0.3) is 0 Å². The number of sulfonamides is 1. The second-order valence-corrected chi connectivity index (χ2v) is 7.79. The normalized spacial score (nSPS) is 11.6. The zero-order valence-corrected chi connectivity index (χ0v) is 15.8. The SMILES string of the molecule is CON(C)S(=O)(=O)c1ccc(C(=O)Nc2c(C)cc(C)cc2C)cc1. The zero-order chi connectivity index (χ0) is 18.8. The van der Waals surface area contributed by atoms with Gasteiger partial charge >= 0.3 is 0 Å². The van der Waals surface area contributed by atoms with E-state index in [-0.39, 0.29) is 10.8 Å². The van der Waals surface area contributed by atoms with Crippen LogP contribution in [0.3, 0.4) is 0 Å². The number of anilines is 1. The Balaban J connectivity index is 2.25. The van der Waals surface area contributed by atoms with Gasteiger partial charge in [0.15, 0.2) is 0 Å². The third kappa shape index (κ3) is 4.07. The van der Waals surface area contributed by atoms with Crippen molar-refractivity contribution in [2.75, 3.05) is 19.5 Å². The fraction of sp³-hybridized carbons (Fsp3) is 0.278. The van der Waals surface area contributed by atoms with Crippen LogP contribution in [0.5, 0.6) is 0 Å². The first-order valence-electron chi connectivity index (χ1n) is 7.69. The molecular weight excluding hydrogens is 340 g/mol. The molecule has 2 aromatic carbocycles. The maximum Gasteiger partial charge on any atom is 0.264 e. The quantitative estimate of drug-likeness (QED) is 0.830. The Kier molecular flexibility index (Phi) is 5.62. The predicted molar refractivity (Wildman–Crippen MR) is 97.0 cm³/mol. The van der Waals surface area contributed by atoms with Gasteiger partial charge in [-0.15, -0.1) is 0 Å². The molecular formula is C18H22N2O4S. The van der Waals surface area contributed by atoms with E-state index in [9.17, 15) is 13.2 Å².